The van der Waals surface area contributed by atoms with Crippen molar-refractivity contribution in [2.75, 3.05) is 36.4 Å². The molecule has 1 aliphatic rings. The van der Waals surface area contributed by atoms with Gasteiger partial charge in [0.05, 0.1) is 16.3 Å². The number of sulfonamides is 1. The molecule has 0 bridgehead atoms. The second-order valence-corrected chi connectivity index (χ2v) is 9.43. The van der Waals surface area contributed by atoms with Crippen molar-refractivity contribution in [2.24, 2.45) is 0 Å². The summed E-state index contributed by atoms with van der Waals surface area (Å²) in [5, 5.41) is 3.04. The topological polar surface area (TPSA) is 69.7 Å². The quantitative estimate of drug-likeness (QED) is 0.657. The Morgan fingerprint density at radius 1 is 1.00 bits per heavy atom. The van der Waals surface area contributed by atoms with E-state index in [-0.39, 0.29) is 5.91 Å². The van der Waals surface area contributed by atoms with Gasteiger partial charge in [-0.3, -0.25) is 4.79 Å². The third-order valence-electron chi connectivity index (χ3n) is 5.53. The molecule has 1 N–H and O–H groups in total. The fourth-order valence-corrected chi connectivity index (χ4v) is 5.28. The molecule has 0 radical (unpaired) electrons. The summed E-state index contributed by atoms with van der Waals surface area (Å²) in [6, 6.07) is 14.8. The summed E-state index contributed by atoms with van der Waals surface area (Å²) in [6.07, 6.45) is 3.27. The predicted octanol–water partition coefficient (Wildman–Crippen LogP) is 3.89. The molecule has 30 heavy (non-hydrogen) atoms. The molecule has 0 spiro atoms. The van der Waals surface area contributed by atoms with Crippen molar-refractivity contribution in [3.05, 3.63) is 54.1 Å². The van der Waals surface area contributed by atoms with Crippen LogP contribution in [-0.4, -0.2) is 44.8 Å². The molecule has 1 aliphatic heterocycles. The van der Waals surface area contributed by atoms with Crippen molar-refractivity contribution < 1.29 is 13.2 Å². The summed E-state index contributed by atoms with van der Waals surface area (Å²) >= 11 is 0. The van der Waals surface area contributed by atoms with E-state index in [0.29, 0.717) is 30.8 Å². The zero-order valence-corrected chi connectivity index (χ0v) is 18.6. The minimum absolute atomic E-state index is 0.0403. The molecule has 7 heteroatoms. The molecule has 1 fully saturated rings. The number of benzene rings is 2. The van der Waals surface area contributed by atoms with Crippen molar-refractivity contribution in [1.82, 2.24) is 4.31 Å². The van der Waals surface area contributed by atoms with E-state index < -0.39 is 10.0 Å². The predicted molar refractivity (Wildman–Crippen MR) is 121 cm³/mol. The lowest BCUT2D eigenvalue weighted by Gasteiger charge is -2.21. The molecule has 1 amide bonds. The number of hydrogen-bond acceptors (Lipinski definition) is 4. The van der Waals surface area contributed by atoms with E-state index in [9.17, 15) is 13.2 Å². The zero-order chi connectivity index (χ0) is 21.6. The largest absolute Gasteiger partial charge is 0.370 e. The minimum Gasteiger partial charge on any atom is -0.370 e. The second kappa shape index (κ2) is 10.1. The normalized spacial score (nSPS) is 14.3. The van der Waals surface area contributed by atoms with Gasteiger partial charge in [0.2, 0.25) is 15.9 Å². The van der Waals surface area contributed by atoms with E-state index in [0.717, 1.165) is 30.0 Å². The van der Waals surface area contributed by atoms with E-state index in [2.05, 4.69) is 16.3 Å². The zero-order valence-electron chi connectivity index (χ0n) is 17.8. The number of hydrogen-bond donors (Lipinski definition) is 1. The van der Waals surface area contributed by atoms with Gasteiger partial charge >= 0.3 is 0 Å². The van der Waals surface area contributed by atoms with Crippen LogP contribution < -0.4 is 10.2 Å². The fourth-order valence-electron chi connectivity index (χ4n) is 3.82. The number of rotatable bonds is 9. The Hall–Kier alpha value is -2.38. The lowest BCUT2D eigenvalue weighted by atomic mass is 10.1. The number of carbonyl (C=O) groups is 1. The Kier molecular flexibility index (Phi) is 7.50. The number of nitrogens with one attached hydrogen (secondary N) is 1. The molecule has 6 nitrogen and oxygen atoms in total. The van der Waals surface area contributed by atoms with Crippen molar-refractivity contribution in [3.8, 4) is 0 Å². The molecule has 3 rings (SSSR count). The Morgan fingerprint density at radius 3 is 2.27 bits per heavy atom. The highest BCUT2D eigenvalue weighted by atomic mass is 32.2. The highest BCUT2D eigenvalue weighted by molar-refractivity contribution is 7.89. The van der Waals surface area contributed by atoms with Gasteiger partial charge in [0.25, 0.3) is 0 Å². The molecule has 0 aliphatic carbocycles. The maximum absolute atomic E-state index is 12.6. The Balaban J connectivity index is 1.59. The van der Waals surface area contributed by atoms with E-state index in [1.807, 2.05) is 32.0 Å². The van der Waals surface area contributed by atoms with Crippen LogP contribution in [0.15, 0.2) is 53.4 Å². The highest BCUT2D eigenvalue weighted by Gasteiger charge is 2.21. The van der Waals surface area contributed by atoms with Crippen LogP contribution in [-0.2, 0) is 21.2 Å². The van der Waals surface area contributed by atoms with Gasteiger partial charge in [-0.05, 0) is 49.1 Å². The third kappa shape index (κ3) is 5.21. The Morgan fingerprint density at radius 2 is 1.63 bits per heavy atom. The van der Waals surface area contributed by atoms with Crippen LogP contribution in [0, 0.1) is 0 Å². The average Bonchev–Trinajstić information content (AvgIpc) is 3.28. The molecule has 2 aromatic rings. The van der Waals surface area contributed by atoms with Crippen LogP contribution in [0.4, 0.5) is 11.4 Å². The summed E-state index contributed by atoms with van der Waals surface area (Å²) in [4.78, 5) is 15.1. The molecule has 162 valence electrons. The first-order valence-corrected chi connectivity index (χ1v) is 12.1. The van der Waals surface area contributed by atoms with Crippen LogP contribution in [0.2, 0.25) is 0 Å². The lowest BCUT2D eigenvalue weighted by molar-refractivity contribution is -0.116. The summed E-state index contributed by atoms with van der Waals surface area (Å²) in [6.45, 7) is 6.59. The average molecular weight is 430 g/mol. The molecule has 1 heterocycles. The van der Waals surface area contributed by atoms with Crippen molar-refractivity contribution in [1.29, 1.82) is 0 Å². The van der Waals surface area contributed by atoms with Crippen LogP contribution >= 0.6 is 0 Å². The maximum atomic E-state index is 12.6. The summed E-state index contributed by atoms with van der Waals surface area (Å²) < 4.78 is 26.6. The fraction of sp³-hybridized carbons (Fsp3) is 0.435. The van der Waals surface area contributed by atoms with Crippen molar-refractivity contribution >= 4 is 27.3 Å². The van der Waals surface area contributed by atoms with Gasteiger partial charge in [0.15, 0.2) is 0 Å². The van der Waals surface area contributed by atoms with Gasteiger partial charge in [-0.1, -0.05) is 38.1 Å². The first-order chi connectivity index (χ1) is 14.5. The van der Waals surface area contributed by atoms with Crippen LogP contribution in [0.5, 0.6) is 0 Å². The van der Waals surface area contributed by atoms with E-state index in [4.69, 9.17) is 0 Å². The third-order valence-corrected chi connectivity index (χ3v) is 7.60. The van der Waals surface area contributed by atoms with E-state index in [1.54, 1.807) is 24.3 Å². The Labute approximate surface area is 179 Å². The highest BCUT2D eigenvalue weighted by Crippen LogP contribution is 2.28. The molecule has 0 atom stereocenters. The van der Waals surface area contributed by atoms with Gasteiger partial charge in [-0.25, -0.2) is 8.42 Å². The number of aryl methyl sites for hydroxylation is 1. The number of amides is 1. The monoisotopic (exact) mass is 429 g/mol. The molecular weight excluding hydrogens is 398 g/mol. The second-order valence-electron chi connectivity index (χ2n) is 7.49. The summed E-state index contributed by atoms with van der Waals surface area (Å²) in [7, 11) is -3.45. The minimum atomic E-state index is -3.45. The van der Waals surface area contributed by atoms with Gasteiger partial charge in [-0.2, -0.15) is 4.31 Å². The molecule has 0 saturated carbocycles. The number of nitrogens with zero attached hydrogens (tertiary/aromatic N) is 2. The number of para-hydroxylation sites is 2. The Bertz CT molecular complexity index is 948. The molecular formula is C23H31N3O3S. The van der Waals surface area contributed by atoms with Gasteiger partial charge in [0, 0.05) is 32.6 Å². The van der Waals surface area contributed by atoms with Crippen molar-refractivity contribution in [2.45, 2.75) is 44.4 Å². The van der Waals surface area contributed by atoms with Gasteiger partial charge < -0.3 is 10.2 Å². The standard InChI is InChI=1S/C23H31N3O3S/c1-3-26(4-2)30(28,29)20-14-11-19(12-15-20)13-16-23(27)24-21-9-5-6-10-22(21)25-17-7-8-18-25/h5-6,9-12,14-15H,3-4,7-8,13,16-18H2,1-2H3,(H,24,27). The summed E-state index contributed by atoms with van der Waals surface area (Å²) in [5.74, 6) is -0.0403. The van der Waals surface area contributed by atoms with Crippen LogP contribution in [0.25, 0.3) is 0 Å². The van der Waals surface area contributed by atoms with Crippen LogP contribution in [0.3, 0.4) is 0 Å². The lowest BCUT2D eigenvalue weighted by Crippen LogP contribution is -2.30. The van der Waals surface area contributed by atoms with E-state index >= 15 is 0 Å². The molecule has 2 aromatic carbocycles. The number of carbonyl (C=O) groups excluding carboxylic acids is 1. The van der Waals surface area contributed by atoms with Crippen LogP contribution in [0.1, 0.15) is 38.7 Å². The molecule has 1 saturated heterocycles. The smallest absolute Gasteiger partial charge is 0.243 e. The SMILES string of the molecule is CCN(CC)S(=O)(=O)c1ccc(CCC(=O)Nc2ccccc2N2CCCC2)cc1. The van der Waals surface area contributed by atoms with Gasteiger partial charge in [-0.15, -0.1) is 0 Å². The van der Waals surface area contributed by atoms with Crippen molar-refractivity contribution in [3.63, 3.8) is 0 Å². The van der Waals surface area contributed by atoms with E-state index in [1.165, 1.54) is 17.1 Å². The molecule has 0 unspecified atom stereocenters. The first kappa shape index (κ1) is 22.3. The van der Waals surface area contributed by atoms with Gasteiger partial charge in [0.1, 0.15) is 0 Å². The number of anilines is 2. The molecule has 0 aromatic heterocycles. The summed E-state index contributed by atoms with van der Waals surface area (Å²) in [5.41, 5.74) is 2.87. The maximum Gasteiger partial charge on any atom is 0.243 e. The first-order valence-electron chi connectivity index (χ1n) is 10.7.